The molecule has 0 saturated heterocycles. The summed E-state index contributed by atoms with van der Waals surface area (Å²) in [6.45, 7) is 5.84. The van der Waals surface area contributed by atoms with E-state index in [2.05, 4.69) is 30.2 Å². The Morgan fingerprint density at radius 1 is 1.33 bits per heavy atom. The quantitative estimate of drug-likeness (QED) is 0.809. The van der Waals surface area contributed by atoms with Gasteiger partial charge in [-0.3, -0.25) is 0 Å². The van der Waals surface area contributed by atoms with Crippen LogP contribution in [0, 0.1) is 5.92 Å². The van der Waals surface area contributed by atoms with Gasteiger partial charge in [0.25, 0.3) is 0 Å². The van der Waals surface area contributed by atoms with Gasteiger partial charge in [0.05, 0.1) is 12.1 Å². The Hall–Kier alpha value is -1.13. The fourth-order valence-electron chi connectivity index (χ4n) is 3.48. The van der Waals surface area contributed by atoms with E-state index in [9.17, 15) is 0 Å². The van der Waals surface area contributed by atoms with Gasteiger partial charge >= 0.3 is 0 Å². The Labute approximate surface area is 128 Å². The SMILES string of the molecule is CCNC(c1cccnc1N)C(OCC)C1CCCCC1. The average molecular weight is 291 g/mol. The molecule has 2 unspecified atom stereocenters. The van der Waals surface area contributed by atoms with Crippen LogP contribution in [0.15, 0.2) is 18.3 Å². The monoisotopic (exact) mass is 291 g/mol. The lowest BCUT2D eigenvalue weighted by atomic mass is 9.81. The molecule has 0 aromatic carbocycles. The van der Waals surface area contributed by atoms with E-state index in [1.165, 1.54) is 32.1 Å². The van der Waals surface area contributed by atoms with Crippen LogP contribution in [0.2, 0.25) is 0 Å². The molecule has 0 bridgehead atoms. The first-order valence-corrected chi connectivity index (χ1v) is 8.33. The van der Waals surface area contributed by atoms with Gasteiger partial charge in [-0.25, -0.2) is 4.98 Å². The van der Waals surface area contributed by atoms with Crippen molar-refractivity contribution >= 4 is 5.82 Å². The van der Waals surface area contributed by atoms with Crippen LogP contribution in [0.1, 0.15) is 57.6 Å². The minimum absolute atomic E-state index is 0.131. The number of nitrogens with zero attached hydrogens (tertiary/aromatic N) is 1. The molecule has 0 amide bonds. The van der Waals surface area contributed by atoms with E-state index < -0.39 is 0 Å². The van der Waals surface area contributed by atoms with E-state index in [0.29, 0.717) is 11.7 Å². The zero-order valence-electron chi connectivity index (χ0n) is 13.3. The zero-order valence-corrected chi connectivity index (χ0v) is 13.3. The van der Waals surface area contributed by atoms with E-state index in [4.69, 9.17) is 10.5 Å². The van der Waals surface area contributed by atoms with Crippen molar-refractivity contribution in [2.75, 3.05) is 18.9 Å². The normalized spacial score (nSPS) is 19.3. The van der Waals surface area contributed by atoms with Crippen molar-refractivity contribution < 1.29 is 4.74 Å². The highest BCUT2D eigenvalue weighted by atomic mass is 16.5. The number of nitrogen functional groups attached to an aromatic ring is 1. The number of nitrogens with one attached hydrogen (secondary N) is 1. The topological polar surface area (TPSA) is 60.2 Å². The van der Waals surface area contributed by atoms with E-state index in [0.717, 1.165) is 18.7 Å². The van der Waals surface area contributed by atoms with E-state index >= 15 is 0 Å². The third kappa shape index (κ3) is 4.17. The van der Waals surface area contributed by atoms with Gasteiger partial charge in [0, 0.05) is 18.4 Å². The Morgan fingerprint density at radius 2 is 2.10 bits per heavy atom. The standard InChI is InChI=1S/C17H29N3O/c1-3-19-15(14-11-8-12-20-17(14)18)16(21-4-2)13-9-6-5-7-10-13/h8,11-13,15-16,19H,3-7,9-10H2,1-2H3,(H2,18,20). The molecule has 1 fully saturated rings. The molecule has 1 aliphatic carbocycles. The number of nitrogens with two attached hydrogens (primary N) is 1. The second kappa shape index (κ2) is 8.35. The Kier molecular flexibility index (Phi) is 6.46. The van der Waals surface area contributed by atoms with E-state index in [1.54, 1.807) is 6.20 Å². The van der Waals surface area contributed by atoms with Crippen LogP contribution in [-0.4, -0.2) is 24.2 Å². The Bertz CT molecular complexity index is 418. The molecule has 21 heavy (non-hydrogen) atoms. The first kappa shape index (κ1) is 16.2. The van der Waals surface area contributed by atoms with Crippen molar-refractivity contribution in [1.82, 2.24) is 10.3 Å². The first-order chi connectivity index (χ1) is 10.3. The molecular formula is C17H29N3O. The van der Waals surface area contributed by atoms with E-state index in [-0.39, 0.29) is 12.1 Å². The maximum absolute atomic E-state index is 6.16. The van der Waals surface area contributed by atoms with E-state index in [1.807, 2.05) is 6.07 Å². The minimum atomic E-state index is 0.131. The summed E-state index contributed by atoms with van der Waals surface area (Å²) in [5.74, 6) is 1.23. The summed E-state index contributed by atoms with van der Waals surface area (Å²) in [5.41, 5.74) is 7.18. The van der Waals surface area contributed by atoms with Gasteiger partial charge in [-0.15, -0.1) is 0 Å². The maximum atomic E-state index is 6.16. The van der Waals surface area contributed by atoms with Crippen LogP contribution < -0.4 is 11.1 Å². The molecule has 3 N–H and O–H groups in total. The van der Waals surface area contributed by atoms with Crippen molar-refractivity contribution in [3.8, 4) is 0 Å². The zero-order chi connectivity index (χ0) is 15.1. The maximum Gasteiger partial charge on any atom is 0.128 e. The highest BCUT2D eigenvalue weighted by molar-refractivity contribution is 5.41. The minimum Gasteiger partial charge on any atom is -0.383 e. The number of hydrogen-bond acceptors (Lipinski definition) is 4. The van der Waals surface area contributed by atoms with Gasteiger partial charge in [0.1, 0.15) is 5.82 Å². The smallest absolute Gasteiger partial charge is 0.128 e. The Balaban J connectivity index is 2.25. The second-order valence-corrected chi connectivity index (χ2v) is 5.83. The third-order valence-corrected chi connectivity index (χ3v) is 4.43. The number of hydrogen-bond donors (Lipinski definition) is 2. The van der Waals surface area contributed by atoms with Crippen LogP contribution in [-0.2, 0) is 4.74 Å². The lowest BCUT2D eigenvalue weighted by Gasteiger charge is -2.36. The molecule has 1 aromatic rings. The third-order valence-electron chi connectivity index (χ3n) is 4.43. The summed E-state index contributed by atoms with van der Waals surface area (Å²) in [4.78, 5) is 4.25. The van der Waals surface area contributed by atoms with Gasteiger partial charge in [0.15, 0.2) is 0 Å². The molecule has 2 rings (SSSR count). The van der Waals surface area contributed by atoms with Crippen molar-refractivity contribution in [3.63, 3.8) is 0 Å². The van der Waals surface area contributed by atoms with Crippen molar-refractivity contribution in [2.24, 2.45) is 5.92 Å². The summed E-state index contributed by atoms with van der Waals surface area (Å²) in [6, 6.07) is 4.16. The number of pyridine rings is 1. The fourth-order valence-corrected chi connectivity index (χ4v) is 3.48. The van der Waals surface area contributed by atoms with Crippen LogP contribution in [0.3, 0.4) is 0 Å². The van der Waals surface area contributed by atoms with Crippen LogP contribution in [0.25, 0.3) is 0 Å². The lowest BCUT2D eigenvalue weighted by molar-refractivity contribution is -0.0179. The van der Waals surface area contributed by atoms with Crippen molar-refractivity contribution in [2.45, 2.75) is 58.1 Å². The second-order valence-electron chi connectivity index (χ2n) is 5.83. The number of rotatable bonds is 7. The number of aromatic nitrogens is 1. The van der Waals surface area contributed by atoms with Gasteiger partial charge in [0.2, 0.25) is 0 Å². The van der Waals surface area contributed by atoms with Crippen LogP contribution in [0.4, 0.5) is 5.82 Å². The molecule has 1 aliphatic rings. The lowest BCUT2D eigenvalue weighted by Crippen LogP contribution is -2.40. The fraction of sp³-hybridized carbons (Fsp3) is 0.706. The summed E-state index contributed by atoms with van der Waals surface area (Å²) >= 11 is 0. The number of anilines is 1. The molecule has 118 valence electrons. The van der Waals surface area contributed by atoms with Crippen LogP contribution in [0.5, 0.6) is 0 Å². The summed E-state index contributed by atoms with van der Waals surface area (Å²) in [7, 11) is 0. The van der Waals surface area contributed by atoms with Crippen molar-refractivity contribution in [3.05, 3.63) is 23.9 Å². The molecule has 1 aromatic heterocycles. The number of likely N-dealkylation sites (N-methyl/N-ethyl adjacent to an activating group) is 1. The molecule has 0 spiro atoms. The molecule has 1 saturated carbocycles. The Morgan fingerprint density at radius 3 is 2.71 bits per heavy atom. The predicted octanol–water partition coefficient (Wildman–Crippen LogP) is 3.30. The number of ether oxygens (including phenoxy) is 1. The molecule has 1 heterocycles. The molecule has 0 radical (unpaired) electrons. The van der Waals surface area contributed by atoms with Crippen molar-refractivity contribution in [1.29, 1.82) is 0 Å². The summed E-state index contributed by atoms with van der Waals surface area (Å²) in [6.07, 6.45) is 8.43. The molecule has 4 heteroatoms. The molecular weight excluding hydrogens is 262 g/mol. The van der Waals surface area contributed by atoms with Gasteiger partial charge in [-0.05, 0) is 38.3 Å². The van der Waals surface area contributed by atoms with Gasteiger partial charge < -0.3 is 15.8 Å². The van der Waals surface area contributed by atoms with Gasteiger partial charge in [-0.2, -0.15) is 0 Å². The predicted molar refractivity (Wildman–Crippen MR) is 87.1 cm³/mol. The molecule has 2 atom stereocenters. The summed E-state index contributed by atoms with van der Waals surface area (Å²) < 4.78 is 6.16. The highest BCUT2D eigenvalue weighted by Crippen LogP contribution is 2.35. The average Bonchev–Trinajstić information content (AvgIpc) is 2.52. The highest BCUT2D eigenvalue weighted by Gasteiger charge is 2.32. The molecule has 4 nitrogen and oxygen atoms in total. The largest absolute Gasteiger partial charge is 0.383 e. The van der Waals surface area contributed by atoms with Crippen LogP contribution >= 0.6 is 0 Å². The summed E-state index contributed by atoms with van der Waals surface area (Å²) in [5, 5.41) is 3.58. The molecule has 0 aliphatic heterocycles. The van der Waals surface area contributed by atoms with Gasteiger partial charge in [-0.1, -0.05) is 32.3 Å². The first-order valence-electron chi connectivity index (χ1n) is 8.33.